The highest BCUT2D eigenvalue weighted by molar-refractivity contribution is 7.47. The van der Waals surface area contributed by atoms with Crippen molar-refractivity contribution >= 4 is 19.8 Å². The van der Waals surface area contributed by atoms with E-state index in [0.29, 0.717) is 13.0 Å². The summed E-state index contributed by atoms with van der Waals surface area (Å²) in [6, 6.07) is -1.47. The molecule has 0 aliphatic rings. The molecule has 0 bridgehead atoms. The molecule has 0 aromatic heterocycles. The SMILES string of the molecule is CCCCCC/C=C\CCCCCCCCOCC(COP(=O)(O)OCC(N)C(=O)O)OC(=O)CCCCCCCCC/C=C\CCCCCCCC. The van der Waals surface area contributed by atoms with E-state index < -0.39 is 45.1 Å². The topological polar surface area (TPSA) is 155 Å². The van der Waals surface area contributed by atoms with Crippen molar-refractivity contribution in [3.63, 3.8) is 0 Å². The second kappa shape index (κ2) is 38.7. The van der Waals surface area contributed by atoms with Crippen molar-refractivity contribution < 1.29 is 42.7 Å². The van der Waals surface area contributed by atoms with E-state index in [1.807, 2.05) is 0 Å². The molecule has 0 fully saturated rings. The molecule has 10 nitrogen and oxygen atoms in total. The summed E-state index contributed by atoms with van der Waals surface area (Å²) in [6.45, 7) is 3.85. The molecule has 0 saturated heterocycles. The summed E-state index contributed by atoms with van der Waals surface area (Å²) in [4.78, 5) is 33.5. The number of rotatable bonds is 41. The van der Waals surface area contributed by atoms with Gasteiger partial charge in [0.25, 0.3) is 0 Å². The maximum atomic E-state index is 12.6. The number of phosphoric acid groups is 1. The van der Waals surface area contributed by atoms with E-state index in [-0.39, 0.29) is 13.0 Å². The number of nitrogens with two attached hydrogens (primary N) is 1. The number of hydrogen-bond donors (Lipinski definition) is 3. The smallest absolute Gasteiger partial charge is 0.472 e. The maximum Gasteiger partial charge on any atom is 0.472 e. The number of aliphatic carboxylic acids is 1. The molecular formula is C42H80NO9P. The summed E-state index contributed by atoms with van der Waals surface area (Å²) >= 11 is 0. The largest absolute Gasteiger partial charge is 0.480 e. The van der Waals surface area contributed by atoms with E-state index in [4.69, 9.17) is 29.4 Å². The zero-order valence-electron chi connectivity index (χ0n) is 33.9. The van der Waals surface area contributed by atoms with Gasteiger partial charge in [0, 0.05) is 13.0 Å². The van der Waals surface area contributed by atoms with Crippen molar-refractivity contribution in [2.24, 2.45) is 5.73 Å². The summed E-state index contributed by atoms with van der Waals surface area (Å²) in [5.74, 6) is -1.78. The third-order valence-electron chi connectivity index (χ3n) is 9.20. The fraction of sp³-hybridized carbons (Fsp3) is 0.857. The molecule has 4 N–H and O–H groups in total. The lowest BCUT2D eigenvalue weighted by molar-refractivity contribution is -0.154. The van der Waals surface area contributed by atoms with Gasteiger partial charge < -0.3 is 25.2 Å². The zero-order valence-corrected chi connectivity index (χ0v) is 34.8. The van der Waals surface area contributed by atoms with Crippen molar-refractivity contribution in [2.45, 2.75) is 206 Å². The van der Waals surface area contributed by atoms with Gasteiger partial charge in [-0.1, -0.05) is 147 Å². The summed E-state index contributed by atoms with van der Waals surface area (Å²) in [5.41, 5.74) is 5.35. The van der Waals surface area contributed by atoms with E-state index in [2.05, 4.69) is 38.2 Å². The Morgan fingerprint density at radius 3 is 1.45 bits per heavy atom. The number of ether oxygens (including phenoxy) is 2. The first-order valence-corrected chi connectivity index (χ1v) is 22.9. The van der Waals surface area contributed by atoms with Gasteiger partial charge in [-0.2, -0.15) is 0 Å². The molecule has 0 aliphatic carbocycles. The second-order valence-electron chi connectivity index (χ2n) is 14.5. The average Bonchev–Trinajstić information content (AvgIpc) is 3.13. The highest BCUT2D eigenvalue weighted by Gasteiger charge is 2.27. The Morgan fingerprint density at radius 1 is 0.585 bits per heavy atom. The maximum absolute atomic E-state index is 12.6. The minimum atomic E-state index is -4.61. The minimum absolute atomic E-state index is 0.0133. The summed E-state index contributed by atoms with van der Waals surface area (Å²) in [6.07, 6.45) is 40.8. The van der Waals surface area contributed by atoms with Crippen LogP contribution in [0.15, 0.2) is 24.3 Å². The fourth-order valence-corrected chi connectivity index (χ4v) is 6.61. The predicted octanol–water partition coefficient (Wildman–Crippen LogP) is 11.5. The number of carbonyl (C=O) groups excluding carboxylic acids is 1. The normalized spacial score (nSPS) is 14.2. The number of phosphoric ester groups is 1. The van der Waals surface area contributed by atoms with Crippen molar-refractivity contribution in [1.82, 2.24) is 0 Å². The molecule has 11 heteroatoms. The Kier molecular flexibility index (Phi) is 37.6. The molecule has 0 radical (unpaired) electrons. The summed E-state index contributed by atoms with van der Waals surface area (Å²) in [5, 5.41) is 8.88. The lowest BCUT2D eigenvalue weighted by Crippen LogP contribution is -2.34. The zero-order chi connectivity index (χ0) is 39.1. The minimum Gasteiger partial charge on any atom is -0.480 e. The van der Waals surface area contributed by atoms with E-state index in [1.54, 1.807) is 0 Å². The predicted molar refractivity (Wildman–Crippen MR) is 217 cm³/mol. The molecule has 0 aromatic rings. The van der Waals surface area contributed by atoms with Gasteiger partial charge in [0.2, 0.25) is 0 Å². The van der Waals surface area contributed by atoms with Crippen LogP contribution in [-0.4, -0.2) is 60.5 Å². The van der Waals surface area contributed by atoms with E-state index in [0.717, 1.165) is 51.4 Å². The van der Waals surface area contributed by atoms with Crippen LogP contribution >= 0.6 is 7.82 Å². The van der Waals surface area contributed by atoms with Crippen LogP contribution in [-0.2, 0) is 32.7 Å². The molecule has 53 heavy (non-hydrogen) atoms. The van der Waals surface area contributed by atoms with Gasteiger partial charge in [0.1, 0.15) is 12.1 Å². The molecule has 0 heterocycles. The first kappa shape index (κ1) is 51.5. The summed E-state index contributed by atoms with van der Waals surface area (Å²) in [7, 11) is -4.61. The first-order valence-electron chi connectivity index (χ1n) is 21.4. The summed E-state index contributed by atoms with van der Waals surface area (Å²) < 4.78 is 33.3. The van der Waals surface area contributed by atoms with Gasteiger partial charge in [0.05, 0.1) is 19.8 Å². The Morgan fingerprint density at radius 2 is 0.981 bits per heavy atom. The Labute approximate surface area is 324 Å². The number of hydrogen-bond acceptors (Lipinski definition) is 8. The second-order valence-corrected chi connectivity index (χ2v) is 15.9. The Hall–Kier alpha value is -1.55. The number of allylic oxidation sites excluding steroid dienone is 4. The molecule has 0 aliphatic heterocycles. The molecule has 312 valence electrons. The fourth-order valence-electron chi connectivity index (χ4n) is 5.83. The van der Waals surface area contributed by atoms with Crippen molar-refractivity contribution in [1.29, 1.82) is 0 Å². The van der Waals surface area contributed by atoms with E-state index >= 15 is 0 Å². The number of carboxylic acids is 1. The van der Waals surface area contributed by atoms with Crippen LogP contribution in [0, 0.1) is 0 Å². The van der Waals surface area contributed by atoms with Crippen molar-refractivity contribution in [3.05, 3.63) is 24.3 Å². The molecule has 0 saturated carbocycles. The van der Waals surface area contributed by atoms with Gasteiger partial charge in [-0.05, 0) is 64.2 Å². The highest BCUT2D eigenvalue weighted by atomic mass is 31.2. The van der Waals surface area contributed by atoms with Crippen LogP contribution in [0.1, 0.15) is 194 Å². The molecule has 0 spiro atoms. The van der Waals surface area contributed by atoms with Gasteiger partial charge in [-0.15, -0.1) is 0 Å². The van der Waals surface area contributed by atoms with E-state index in [1.165, 1.54) is 116 Å². The Balaban J connectivity index is 4.25. The lowest BCUT2D eigenvalue weighted by atomic mass is 10.1. The highest BCUT2D eigenvalue weighted by Crippen LogP contribution is 2.43. The third-order valence-corrected chi connectivity index (χ3v) is 10.2. The molecule has 0 amide bonds. The molecule has 0 aromatic carbocycles. The quantitative estimate of drug-likeness (QED) is 0.0237. The lowest BCUT2D eigenvalue weighted by Gasteiger charge is -2.20. The Bertz CT molecular complexity index is 946. The number of carboxylic acid groups (broad SMARTS) is 1. The number of unbranched alkanes of at least 4 members (excludes halogenated alkanes) is 23. The van der Waals surface area contributed by atoms with Crippen LogP contribution < -0.4 is 5.73 Å². The van der Waals surface area contributed by atoms with Gasteiger partial charge in [0.15, 0.2) is 0 Å². The van der Waals surface area contributed by atoms with Gasteiger partial charge in [-0.25, -0.2) is 4.57 Å². The first-order chi connectivity index (χ1) is 25.7. The van der Waals surface area contributed by atoms with Crippen molar-refractivity contribution in [2.75, 3.05) is 26.4 Å². The van der Waals surface area contributed by atoms with Crippen LogP contribution in [0.25, 0.3) is 0 Å². The van der Waals surface area contributed by atoms with Gasteiger partial charge in [-0.3, -0.25) is 18.6 Å². The number of carbonyl (C=O) groups is 2. The van der Waals surface area contributed by atoms with Crippen LogP contribution in [0.5, 0.6) is 0 Å². The standard InChI is InChI=1S/C42H80NO9P/c1-3-5-7-9-11-13-15-17-19-20-21-22-24-26-28-30-32-34-41(44)52-39(37-50-53(47,48)51-38-40(43)42(45)46)36-49-35-33-31-29-27-25-23-18-16-14-12-10-8-6-4-2/h14,16-17,19,39-40H,3-13,15,18,20-38,43H2,1-2H3,(H,45,46)(H,47,48)/b16-14-,19-17-. The molecule has 3 atom stereocenters. The monoisotopic (exact) mass is 774 g/mol. The molecular weight excluding hydrogens is 693 g/mol. The van der Waals surface area contributed by atoms with Crippen LogP contribution in [0.3, 0.4) is 0 Å². The van der Waals surface area contributed by atoms with Crippen LogP contribution in [0.4, 0.5) is 0 Å². The average molecular weight is 774 g/mol. The number of esters is 1. The van der Waals surface area contributed by atoms with Crippen LogP contribution in [0.2, 0.25) is 0 Å². The van der Waals surface area contributed by atoms with E-state index in [9.17, 15) is 19.0 Å². The third kappa shape index (κ3) is 38.5. The molecule has 0 rings (SSSR count). The van der Waals surface area contributed by atoms with Gasteiger partial charge >= 0.3 is 19.8 Å². The molecule has 3 unspecified atom stereocenters. The van der Waals surface area contributed by atoms with Crippen molar-refractivity contribution in [3.8, 4) is 0 Å².